The molecule has 4 rings (SSSR count). The number of nitrogens with one attached hydrogen (secondary N) is 1. The maximum Gasteiger partial charge on any atom is 0.228 e. The molecule has 0 bridgehead atoms. The Morgan fingerprint density at radius 3 is 2.68 bits per heavy atom. The maximum absolute atomic E-state index is 13.3. The summed E-state index contributed by atoms with van der Waals surface area (Å²) in [7, 11) is 0. The highest BCUT2D eigenvalue weighted by atomic mass is 32.1. The van der Waals surface area contributed by atoms with Crippen molar-refractivity contribution in [3.05, 3.63) is 10.6 Å². The summed E-state index contributed by atoms with van der Waals surface area (Å²) in [6.07, 6.45) is 8.97. The number of rotatable bonds is 5. The van der Waals surface area contributed by atoms with Crippen LogP contribution in [-0.2, 0) is 4.79 Å². The molecule has 138 valence electrons. The number of likely N-dealkylation sites (tertiary alicyclic amines) is 1. The Kier molecular flexibility index (Phi) is 4.50. The number of amides is 1. The third-order valence-corrected chi connectivity index (χ3v) is 6.57. The van der Waals surface area contributed by atoms with Gasteiger partial charge in [-0.15, -0.1) is 0 Å². The Labute approximate surface area is 155 Å². The van der Waals surface area contributed by atoms with Crippen molar-refractivity contribution in [3.63, 3.8) is 0 Å². The summed E-state index contributed by atoms with van der Waals surface area (Å²) < 4.78 is 2.97. The van der Waals surface area contributed by atoms with Gasteiger partial charge in [-0.2, -0.15) is 5.10 Å². The van der Waals surface area contributed by atoms with Gasteiger partial charge < -0.3 is 9.47 Å². The second-order valence-corrected chi connectivity index (χ2v) is 9.20. The van der Waals surface area contributed by atoms with Crippen molar-refractivity contribution >= 4 is 18.1 Å². The zero-order chi connectivity index (χ0) is 17.6. The molecule has 1 N–H and O–H groups in total. The van der Waals surface area contributed by atoms with E-state index in [1.165, 1.54) is 19.3 Å². The molecule has 1 aliphatic heterocycles. The summed E-state index contributed by atoms with van der Waals surface area (Å²) in [5.74, 6) is 2.39. The number of nitrogens with zero attached hydrogens (tertiary/aromatic N) is 3. The van der Waals surface area contributed by atoms with E-state index in [0.29, 0.717) is 23.8 Å². The van der Waals surface area contributed by atoms with Gasteiger partial charge in [-0.1, -0.05) is 20.3 Å². The Morgan fingerprint density at radius 1 is 1.32 bits per heavy atom. The fraction of sp³-hybridized carbons (Fsp3) is 0.842. The van der Waals surface area contributed by atoms with E-state index in [1.807, 2.05) is 0 Å². The van der Waals surface area contributed by atoms with E-state index in [9.17, 15) is 4.79 Å². The molecule has 1 aromatic rings. The quantitative estimate of drug-likeness (QED) is 0.799. The number of H-pyrrole nitrogens is 1. The molecule has 3 fully saturated rings. The fourth-order valence-corrected chi connectivity index (χ4v) is 5.18. The Hall–Kier alpha value is -1.17. The van der Waals surface area contributed by atoms with Crippen molar-refractivity contribution in [2.75, 3.05) is 13.1 Å². The van der Waals surface area contributed by atoms with Gasteiger partial charge >= 0.3 is 0 Å². The van der Waals surface area contributed by atoms with Gasteiger partial charge in [-0.05, 0) is 63.1 Å². The molecule has 2 saturated carbocycles. The molecule has 25 heavy (non-hydrogen) atoms. The molecule has 1 saturated heterocycles. The van der Waals surface area contributed by atoms with Gasteiger partial charge in [-0.3, -0.25) is 9.89 Å². The molecule has 0 radical (unpaired) electrons. The predicted molar refractivity (Wildman–Crippen MR) is 100.0 cm³/mol. The van der Waals surface area contributed by atoms with Crippen molar-refractivity contribution in [1.82, 2.24) is 19.7 Å². The monoisotopic (exact) mass is 362 g/mol. The van der Waals surface area contributed by atoms with Crippen molar-refractivity contribution < 1.29 is 4.79 Å². The van der Waals surface area contributed by atoms with Crippen LogP contribution in [0.1, 0.15) is 83.0 Å². The van der Waals surface area contributed by atoms with Crippen LogP contribution in [-0.4, -0.2) is 38.7 Å². The van der Waals surface area contributed by atoms with Gasteiger partial charge in [0.25, 0.3) is 0 Å². The second kappa shape index (κ2) is 6.53. The lowest BCUT2D eigenvalue weighted by molar-refractivity contribution is -0.150. The molecule has 0 unspecified atom stereocenters. The molecule has 5 nitrogen and oxygen atoms in total. The van der Waals surface area contributed by atoms with E-state index >= 15 is 0 Å². The second-order valence-electron chi connectivity index (χ2n) is 8.81. The minimum absolute atomic E-state index is 0.0722. The van der Waals surface area contributed by atoms with Crippen LogP contribution in [0.2, 0.25) is 0 Å². The van der Waals surface area contributed by atoms with Gasteiger partial charge in [0.1, 0.15) is 5.82 Å². The van der Waals surface area contributed by atoms with Crippen LogP contribution in [0, 0.1) is 16.1 Å². The van der Waals surface area contributed by atoms with Crippen molar-refractivity contribution in [2.45, 2.75) is 77.2 Å². The summed E-state index contributed by atoms with van der Waals surface area (Å²) in [6.45, 7) is 6.19. The van der Waals surface area contributed by atoms with E-state index in [1.54, 1.807) is 0 Å². The van der Waals surface area contributed by atoms with Gasteiger partial charge in [-0.25, -0.2) is 0 Å². The molecular weight excluding hydrogens is 332 g/mol. The number of carbonyl (C=O) groups excluding carboxylic acids is 1. The summed E-state index contributed by atoms with van der Waals surface area (Å²) >= 11 is 5.44. The maximum atomic E-state index is 13.3. The molecule has 6 heteroatoms. The summed E-state index contributed by atoms with van der Waals surface area (Å²) in [5.41, 5.74) is -0.0722. The van der Waals surface area contributed by atoms with Crippen LogP contribution in [0.25, 0.3) is 0 Å². The summed E-state index contributed by atoms with van der Waals surface area (Å²) in [6, 6.07) is 0.534. The first-order valence-electron chi connectivity index (χ1n) is 9.96. The molecule has 3 aliphatic rings. The molecule has 2 aliphatic carbocycles. The topological polar surface area (TPSA) is 53.9 Å². The molecular formula is C19H30N4OS. The Balaban J connectivity index is 1.51. The predicted octanol–water partition coefficient (Wildman–Crippen LogP) is 4.20. The number of hydrogen-bond donors (Lipinski definition) is 1. The van der Waals surface area contributed by atoms with Crippen LogP contribution in [0.5, 0.6) is 0 Å². The number of piperidine rings is 1. The highest BCUT2D eigenvalue weighted by Crippen LogP contribution is 2.48. The van der Waals surface area contributed by atoms with Crippen LogP contribution in [0.3, 0.4) is 0 Å². The number of aromatic amines is 1. The van der Waals surface area contributed by atoms with Crippen molar-refractivity contribution in [3.8, 4) is 0 Å². The lowest BCUT2D eigenvalue weighted by atomic mass is 9.63. The smallest absolute Gasteiger partial charge is 0.228 e. The van der Waals surface area contributed by atoms with Crippen molar-refractivity contribution in [1.29, 1.82) is 0 Å². The molecule has 1 amide bonds. The number of carbonyl (C=O) groups is 1. The third kappa shape index (κ3) is 3.18. The Morgan fingerprint density at radius 2 is 2.08 bits per heavy atom. The zero-order valence-electron chi connectivity index (χ0n) is 15.5. The van der Waals surface area contributed by atoms with Gasteiger partial charge in [0.2, 0.25) is 5.91 Å². The minimum Gasteiger partial charge on any atom is -0.341 e. The van der Waals surface area contributed by atoms with Crippen LogP contribution in [0.4, 0.5) is 0 Å². The van der Waals surface area contributed by atoms with E-state index in [2.05, 4.69) is 33.5 Å². The first-order valence-corrected chi connectivity index (χ1v) is 10.4. The standard InChI is InChI=1S/C19H30N4OS/c1-13(2)11-19(8-4-9-19)17(24)22-10-3-5-14(12-22)16-20-21-18(25)23(16)15-6-7-15/h13-15H,3-12H2,1-2H3,(H,21,25)/t14-/m0/s1. The zero-order valence-corrected chi connectivity index (χ0v) is 16.3. The van der Waals surface area contributed by atoms with E-state index in [4.69, 9.17) is 12.2 Å². The van der Waals surface area contributed by atoms with E-state index < -0.39 is 0 Å². The molecule has 2 heterocycles. The van der Waals surface area contributed by atoms with Crippen LogP contribution < -0.4 is 0 Å². The SMILES string of the molecule is CC(C)CC1(C(=O)N2CCC[C@H](c3n[nH]c(=S)n3C3CC3)C2)CCC1. The lowest BCUT2D eigenvalue weighted by Gasteiger charge is -2.46. The van der Waals surface area contributed by atoms with E-state index in [-0.39, 0.29) is 5.41 Å². The fourth-order valence-electron chi connectivity index (χ4n) is 4.89. The molecule has 0 spiro atoms. The number of hydrogen-bond acceptors (Lipinski definition) is 3. The lowest BCUT2D eigenvalue weighted by Crippen LogP contribution is -2.51. The highest BCUT2D eigenvalue weighted by molar-refractivity contribution is 7.71. The summed E-state index contributed by atoms with van der Waals surface area (Å²) in [5, 5.41) is 7.54. The van der Waals surface area contributed by atoms with Crippen LogP contribution >= 0.6 is 12.2 Å². The van der Waals surface area contributed by atoms with Crippen LogP contribution in [0.15, 0.2) is 0 Å². The largest absolute Gasteiger partial charge is 0.341 e. The molecule has 1 atom stereocenters. The first-order chi connectivity index (χ1) is 12.0. The van der Waals surface area contributed by atoms with Crippen molar-refractivity contribution in [2.24, 2.45) is 11.3 Å². The Bertz CT molecular complexity index is 699. The average molecular weight is 363 g/mol. The van der Waals surface area contributed by atoms with Gasteiger partial charge in [0.05, 0.1) is 0 Å². The summed E-state index contributed by atoms with van der Waals surface area (Å²) in [4.78, 5) is 15.5. The normalized spacial score (nSPS) is 25.9. The van der Waals surface area contributed by atoms with Gasteiger partial charge in [0.15, 0.2) is 4.77 Å². The van der Waals surface area contributed by atoms with Gasteiger partial charge in [0, 0.05) is 30.5 Å². The highest BCUT2D eigenvalue weighted by Gasteiger charge is 2.47. The molecule has 1 aromatic heterocycles. The minimum atomic E-state index is -0.0722. The van der Waals surface area contributed by atoms with E-state index in [0.717, 1.165) is 55.8 Å². The molecule has 0 aromatic carbocycles. The first kappa shape index (κ1) is 17.3. The average Bonchev–Trinajstić information content (AvgIpc) is 3.32. The third-order valence-electron chi connectivity index (χ3n) is 6.28. The number of aromatic nitrogens is 3.